The number of rotatable bonds is 13. The highest BCUT2D eigenvalue weighted by molar-refractivity contribution is 5.93. The van der Waals surface area contributed by atoms with E-state index in [1.165, 1.54) is 4.90 Å². The minimum Gasteiger partial charge on any atom is -0.494 e. The number of nitrogens with zero attached hydrogens (tertiary/aromatic N) is 1. The summed E-state index contributed by atoms with van der Waals surface area (Å²) in [6.07, 6.45) is 1.54. The molecule has 1 heterocycles. The van der Waals surface area contributed by atoms with Gasteiger partial charge in [0.25, 0.3) is 0 Å². The number of esters is 1. The number of ether oxygens (including phenoxy) is 3. The van der Waals surface area contributed by atoms with E-state index >= 15 is 0 Å². The number of benzene rings is 3. The van der Waals surface area contributed by atoms with Crippen LogP contribution in [-0.4, -0.2) is 65.7 Å². The van der Waals surface area contributed by atoms with E-state index in [2.05, 4.69) is 10.6 Å². The van der Waals surface area contributed by atoms with Gasteiger partial charge >= 0.3 is 12.1 Å². The summed E-state index contributed by atoms with van der Waals surface area (Å²) in [4.78, 5) is 56.1. The zero-order chi connectivity index (χ0) is 34.5. The number of alkyl carbamates (subject to hydrolysis) is 1. The monoisotopic (exact) mass is 657 g/mol. The predicted octanol–water partition coefficient (Wildman–Crippen LogP) is 5.37. The molecule has 2 N–H and O–H groups in total. The van der Waals surface area contributed by atoms with Gasteiger partial charge in [-0.05, 0) is 75.8 Å². The molecule has 10 nitrogen and oxygen atoms in total. The van der Waals surface area contributed by atoms with E-state index in [1.807, 2.05) is 79.7 Å². The molecule has 3 amide bonds. The summed E-state index contributed by atoms with van der Waals surface area (Å²) in [5.41, 5.74) is 1.68. The second-order valence-corrected chi connectivity index (χ2v) is 12.9. The number of hydrogen-bond donors (Lipinski definition) is 2. The van der Waals surface area contributed by atoms with Gasteiger partial charge in [-0.1, -0.05) is 72.8 Å². The first-order chi connectivity index (χ1) is 23.0. The standard InChI is InChI=1S/C38H47N3O7/c1-5-46-30-21-19-28(20-22-30)24-31(40-37(45)48-38(2,3)4)34(42)39-32(25-27-14-8-6-9-15-27)35(43)41-23-13-12-18-33(41)36(44)47-26-29-16-10-7-11-17-29/h6-11,14-17,19-22,31-33H,5,12-13,18,23-26H2,1-4H3,(H,39,42)(H,40,45)/t31-,32-,33+/m0/s1. The lowest BCUT2D eigenvalue weighted by atomic mass is 9.98. The van der Waals surface area contributed by atoms with Gasteiger partial charge in [-0.2, -0.15) is 0 Å². The Balaban J connectivity index is 1.56. The molecule has 0 unspecified atom stereocenters. The van der Waals surface area contributed by atoms with Crippen molar-refractivity contribution in [2.24, 2.45) is 0 Å². The highest BCUT2D eigenvalue weighted by atomic mass is 16.6. The van der Waals surface area contributed by atoms with Crippen LogP contribution in [0.2, 0.25) is 0 Å². The molecule has 10 heteroatoms. The quantitative estimate of drug-likeness (QED) is 0.237. The highest BCUT2D eigenvalue weighted by Crippen LogP contribution is 2.22. The van der Waals surface area contributed by atoms with E-state index in [4.69, 9.17) is 14.2 Å². The van der Waals surface area contributed by atoms with Crippen molar-refractivity contribution in [3.8, 4) is 5.75 Å². The van der Waals surface area contributed by atoms with Crippen LogP contribution in [0.25, 0.3) is 0 Å². The smallest absolute Gasteiger partial charge is 0.408 e. The van der Waals surface area contributed by atoms with Crippen molar-refractivity contribution >= 4 is 23.9 Å². The largest absolute Gasteiger partial charge is 0.494 e. The first kappa shape index (κ1) is 36.0. The van der Waals surface area contributed by atoms with Gasteiger partial charge in [-0.25, -0.2) is 9.59 Å². The Labute approximate surface area is 283 Å². The molecule has 1 saturated heterocycles. The molecule has 4 rings (SSSR count). The number of likely N-dealkylation sites (tertiary alicyclic amines) is 1. The molecule has 1 aliphatic rings. The van der Waals surface area contributed by atoms with Crippen molar-refractivity contribution in [3.05, 3.63) is 102 Å². The molecule has 3 aromatic carbocycles. The Morgan fingerprint density at radius 3 is 2.02 bits per heavy atom. The molecule has 256 valence electrons. The van der Waals surface area contributed by atoms with Gasteiger partial charge in [0.1, 0.15) is 36.1 Å². The normalized spacial score (nSPS) is 15.8. The van der Waals surface area contributed by atoms with Crippen LogP contribution in [0.1, 0.15) is 63.6 Å². The molecular formula is C38H47N3O7. The topological polar surface area (TPSA) is 123 Å². The average molecular weight is 658 g/mol. The van der Waals surface area contributed by atoms with Crippen molar-refractivity contribution in [3.63, 3.8) is 0 Å². The minimum atomic E-state index is -1.06. The van der Waals surface area contributed by atoms with Crippen LogP contribution in [-0.2, 0) is 43.3 Å². The molecule has 3 aromatic rings. The van der Waals surface area contributed by atoms with Crippen molar-refractivity contribution in [2.75, 3.05) is 13.2 Å². The maximum atomic E-state index is 14.3. The van der Waals surface area contributed by atoms with Gasteiger partial charge in [0.2, 0.25) is 11.8 Å². The van der Waals surface area contributed by atoms with Crippen molar-refractivity contribution in [1.82, 2.24) is 15.5 Å². The van der Waals surface area contributed by atoms with Gasteiger partial charge in [-0.15, -0.1) is 0 Å². The molecule has 0 saturated carbocycles. The van der Waals surface area contributed by atoms with Gasteiger partial charge < -0.3 is 29.7 Å². The van der Waals surface area contributed by atoms with E-state index in [0.717, 1.165) is 29.5 Å². The molecule has 0 spiro atoms. The minimum absolute atomic E-state index is 0.103. The lowest BCUT2D eigenvalue weighted by Gasteiger charge is -2.37. The number of piperidine rings is 1. The fraction of sp³-hybridized carbons (Fsp3) is 0.421. The third-order valence-corrected chi connectivity index (χ3v) is 7.86. The zero-order valence-corrected chi connectivity index (χ0v) is 28.3. The summed E-state index contributed by atoms with van der Waals surface area (Å²) in [6, 6.07) is 23.2. The Bertz CT molecular complexity index is 1490. The van der Waals surface area contributed by atoms with Crippen LogP contribution in [0.4, 0.5) is 4.79 Å². The molecule has 48 heavy (non-hydrogen) atoms. The first-order valence-corrected chi connectivity index (χ1v) is 16.6. The van der Waals surface area contributed by atoms with E-state index in [0.29, 0.717) is 25.3 Å². The lowest BCUT2D eigenvalue weighted by Crippen LogP contribution is -2.59. The Kier molecular flexibility index (Phi) is 13.0. The molecule has 0 aliphatic carbocycles. The van der Waals surface area contributed by atoms with Gasteiger partial charge in [0.15, 0.2) is 0 Å². The van der Waals surface area contributed by atoms with Crippen molar-refractivity contribution in [1.29, 1.82) is 0 Å². The zero-order valence-electron chi connectivity index (χ0n) is 28.3. The Hall–Kier alpha value is -4.86. The molecule has 1 fully saturated rings. The van der Waals surface area contributed by atoms with E-state index < -0.39 is 41.7 Å². The van der Waals surface area contributed by atoms with Crippen LogP contribution in [0.5, 0.6) is 5.75 Å². The van der Waals surface area contributed by atoms with Crippen LogP contribution in [0, 0.1) is 0 Å². The van der Waals surface area contributed by atoms with Crippen LogP contribution < -0.4 is 15.4 Å². The number of amides is 3. The number of carbonyl (C=O) groups excluding carboxylic acids is 4. The molecule has 0 aromatic heterocycles. The predicted molar refractivity (Wildman–Crippen MR) is 182 cm³/mol. The molecule has 0 radical (unpaired) electrons. The number of carbonyl (C=O) groups is 4. The summed E-state index contributed by atoms with van der Waals surface area (Å²) in [7, 11) is 0. The van der Waals surface area contributed by atoms with Crippen molar-refractivity contribution < 1.29 is 33.4 Å². The highest BCUT2D eigenvalue weighted by Gasteiger charge is 2.38. The van der Waals surface area contributed by atoms with Gasteiger partial charge in [-0.3, -0.25) is 9.59 Å². The van der Waals surface area contributed by atoms with Crippen LogP contribution in [0.15, 0.2) is 84.9 Å². The van der Waals surface area contributed by atoms with Gasteiger partial charge in [0.05, 0.1) is 6.61 Å². The summed E-state index contributed by atoms with van der Waals surface area (Å²) in [5.74, 6) is -0.721. The fourth-order valence-corrected chi connectivity index (χ4v) is 5.57. The van der Waals surface area contributed by atoms with Crippen molar-refractivity contribution in [2.45, 2.75) is 90.1 Å². The van der Waals surface area contributed by atoms with E-state index in [-0.39, 0.29) is 25.4 Å². The SMILES string of the molecule is CCOc1ccc(C[C@H](NC(=O)OC(C)(C)C)C(=O)N[C@@H](Cc2ccccc2)C(=O)N2CCCC[C@@H]2C(=O)OCc2ccccc2)cc1. The average Bonchev–Trinajstić information content (AvgIpc) is 3.07. The second-order valence-electron chi connectivity index (χ2n) is 12.9. The summed E-state index contributed by atoms with van der Waals surface area (Å²) in [5, 5.41) is 5.63. The molecular weight excluding hydrogens is 610 g/mol. The third kappa shape index (κ3) is 11.1. The lowest BCUT2D eigenvalue weighted by molar-refractivity contribution is -0.159. The third-order valence-electron chi connectivity index (χ3n) is 7.86. The summed E-state index contributed by atoms with van der Waals surface area (Å²) >= 11 is 0. The summed E-state index contributed by atoms with van der Waals surface area (Å²) < 4.78 is 16.7. The van der Waals surface area contributed by atoms with Gasteiger partial charge in [0, 0.05) is 19.4 Å². The molecule has 3 atom stereocenters. The first-order valence-electron chi connectivity index (χ1n) is 16.6. The fourth-order valence-electron chi connectivity index (χ4n) is 5.57. The maximum Gasteiger partial charge on any atom is 0.408 e. The Morgan fingerprint density at radius 1 is 0.792 bits per heavy atom. The van der Waals surface area contributed by atoms with Crippen LogP contribution in [0.3, 0.4) is 0 Å². The molecule has 1 aliphatic heterocycles. The number of nitrogens with one attached hydrogen (secondary N) is 2. The van der Waals surface area contributed by atoms with E-state index in [9.17, 15) is 19.2 Å². The van der Waals surface area contributed by atoms with Crippen LogP contribution >= 0.6 is 0 Å². The second kappa shape index (κ2) is 17.3. The number of hydrogen-bond acceptors (Lipinski definition) is 7. The van der Waals surface area contributed by atoms with E-state index in [1.54, 1.807) is 32.9 Å². The summed E-state index contributed by atoms with van der Waals surface area (Å²) in [6.45, 7) is 8.09. The molecule has 0 bridgehead atoms. The Morgan fingerprint density at radius 2 is 1.40 bits per heavy atom. The maximum absolute atomic E-state index is 14.3.